The summed E-state index contributed by atoms with van der Waals surface area (Å²) in [6.45, 7) is 6.49. The highest BCUT2D eigenvalue weighted by molar-refractivity contribution is 9.10. The van der Waals surface area contributed by atoms with Gasteiger partial charge in [0, 0.05) is 31.5 Å². The molecule has 1 aromatic heterocycles. The summed E-state index contributed by atoms with van der Waals surface area (Å²) in [5, 5.41) is 0. The molecule has 2 heterocycles. The summed E-state index contributed by atoms with van der Waals surface area (Å²) in [4.78, 5) is 11.1. The highest BCUT2D eigenvalue weighted by Gasteiger charge is 2.35. The summed E-state index contributed by atoms with van der Waals surface area (Å²) in [5.41, 5.74) is 6.07. The lowest BCUT2D eigenvalue weighted by molar-refractivity contribution is 0.127. The van der Waals surface area contributed by atoms with E-state index in [0.29, 0.717) is 6.04 Å². The van der Waals surface area contributed by atoms with Gasteiger partial charge in [0.2, 0.25) is 0 Å². The molecule has 5 heteroatoms. The van der Waals surface area contributed by atoms with Gasteiger partial charge in [0.15, 0.2) is 0 Å². The van der Waals surface area contributed by atoms with Crippen molar-refractivity contribution >= 4 is 15.9 Å². The number of nitrogens with zero attached hydrogens (tertiary/aromatic N) is 3. The minimum absolute atomic E-state index is 0.355. The average Bonchev–Trinajstić information content (AvgIpc) is 2.30. The van der Waals surface area contributed by atoms with Crippen LogP contribution in [0.4, 0.5) is 0 Å². The van der Waals surface area contributed by atoms with Crippen LogP contribution in [0.1, 0.15) is 32.5 Å². The molecule has 0 saturated carbocycles. The molecule has 0 spiro atoms. The van der Waals surface area contributed by atoms with E-state index in [4.69, 9.17) is 5.73 Å². The van der Waals surface area contributed by atoms with Gasteiger partial charge in [-0.2, -0.15) is 0 Å². The van der Waals surface area contributed by atoms with Gasteiger partial charge < -0.3 is 10.6 Å². The zero-order valence-electron chi connectivity index (χ0n) is 10.4. The van der Waals surface area contributed by atoms with Crippen LogP contribution in [-0.4, -0.2) is 34.0 Å². The zero-order valence-corrected chi connectivity index (χ0v) is 11.9. The molecular weight excluding hydrogens is 280 g/mol. The van der Waals surface area contributed by atoms with E-state index < -0.39 is 0 Å². The maximum Gasteiger partial charge on any atom is 0.148 e. The van der Waals surface area contributed by atoms with E-state index in [-0.39, 0.29) is 5.54 Å². The SMILES string of the molecule is CC(C)N1CCC(N)(c2ncc(Br)cn2)CC1. The van der Waals surface area contributed by atoms with Crippen molar-refractivity contribution in [2.75, 3.05) is 13.1 Å². The van der Waals surface area contributed by atoms with Gasteiger partial charge in [-0.05, 0) is 42.6 Å². The Morgan fingerprint density at radius 2 is 1.82 bits per heavy atom. The maximum absolute atomic E-state index is 6.43. The summed E-state index contributed by atoms with van der Waals surface area (Å²) in [6.07, 6.45) is 5.39. The van der Waals surface area contributed by atoms with Gasteiger partial charge in [-0.15, -0.1) is 0 Å². The molecule has 0 unspecified atom stereocenters. The van der Waals surface area contributed by atoms with Gasteiger partial charge in [-0.3, -0.25) is 0 Å². The molecule has 0 radical (unpaired) electrons. The second-order valence-corrected chi connectivity index (χ2v) is 5.93. The summed E-state index contributed by atoms with van der Waals surface area (Å²) in [5.74, 6) is 0.768. The third kappa shape index (κ3) is 2.84. The first-order valence-electron chi connectivity index (χ1n) is 6.02. The van der Waals surface area contributed by atoms with Gasteiger partial charge in [0.05, 0.1) is 10.0 Å². The number of halogens is 1. The fourth-order valence-corrected chi connectivity index (χ4v) is 2.44. The van der Waals surface area contributed by atoms with Crippen molar-refractivity contribution in [2.24, 2.45) is 5.73 Å². The van der Waals surface area contributed by atoms with Crippen molar-refractivity contribution in [1.29, 1.82) is 0 Å². The number of hydrogen-bond donors (Lipinski definition) is 1. The summed E-state index contributed by atoms with van der Waals surface area (Å²) >= 11 is 3.34. The highest BCUT2D eigenvalue weighted by Crippen LogP contribution is 2.28. The number of aromatic nitrogens is 2. The molecule has 0 aliphatic carbocycles. The van der Waals surface area contributed by atoms with Gasteiger partial charge in [-0.1, -0.05) is 0 Å². The molecule has 1 aliphatic rings. The van der Waals surface area contributed by atoms with Crippen LogP contribution in [0.3, 0.4) is 0 Å². The molecule has 1 aliphatic heterocycles. The van der Waals surface area contributed by atoms with E-state index in [1.54, 1.807) is 12.4 Å². The van der Waals surface area contributed by atoms with E-state index in [9.17, 15) is 0 Å². The topological polar surface area (TPSA) is 55.0 Å². The molecule has 4 nitrogen and oxygen atoms in total. The summed E-state index contributed by atoms with van der Waals surface area (Å²) in [7, 11) is 0. The van der Waals surface area contributed by atoms with E-state index in [1.165, 1.54) is 0 Å². The van der Waals surface area contributed by atoms with Gasteiger partial charge in [-0.25, -0.2) is 9.97 Å². The molecule has 0 aromatic carbocycles. The number of nitrogens with two attached hydrogens (primary N) is 1. The Morgan fingerprint density at radius 3 is 2.29 bits per heavy atom. The van der Waals surface area contributed by atoms with Crippen molar-refractivity contribution in [3.05, 3.63) is 22.7 Å². The van der Waals surface area contributed by atoms with E-state index in [1.807, 2.05) is 0 Å². The molecule has 2 N–H and O–H groups in total. The van der Waals surface area contributed by atoms with Crippen molar-refractivity contribution in [1.82, 2.24) is 14.9 Å². The van der Waals surface area contributed by atoms with Crippen LogP contribution in [-0.2, 0) is 5.54 Å². The van der Waals surface area contributed by atoms with Crippen molar-refractivity contribution in [3.63, 3.8) is 0 Å². The first-order valence-corrected chi connectivity index (χ1v) is 6.81. The molecule has 1 fully saturated rings. The molecule has 0 amide bonds. The fraction of sp³-hybridized carbons (Fsp3) is 0.667. The number of piperidine rings is 1. The molecular formula is C12H19BrN4. The van der Waals surface area contributed by atoms with E-state index in [0.717, 1.165) is 36.2 Å². The highest BCUT2D eigenvalue weighted by atomic mass is 79.9. The minimum atomic E-state index is -0.355. The summed E-state index contributed by atoms with van der Waals surface area (Å²) < 4.78 is 0.893. The van der Waals surface area contributed by atoms with E-state index >= 15 is 0 Å². The predicted octanol–water partition coefficient (Wildman–Crippen LogP) is 1.90. The van der Waals surface area contributed by atoms with Gasteiger partial charge in [0.25, 0.3) is 0 Å². The quantitative estimate of drug-likeness (QED) is 0.906. The normalized spacial score (nSPS) is 20.8. The van der Waals surface area contributed by atoms with Crippen LogP contribution in [0, 0.1) is 0 Å². The van der Waals surface area contributed by atoms with Gasteiger partial charge >= 0.3 is 0 Å². The lowest BCUT2D eigenvalue weighted by Gasteiger charge is -2.39. The molecule has 2 rings (SSSR count). The van der Waals surface area contributed by atoms with Crippen molar-refractivity contribution in [3.8, 4) is 0 Å². The molecule has 0 atom stereocenters. The standard InChI is InChI=1S/C12H19BrN4/c1-9(2)17-5-3-12(14,4-6-17)11-15-7-10(13)8-16-11/h7-9H,3-6,14H2,1-2H3. The van der Waals surface area contributed by atoms with Crippen molar-refractivity contribution < 1.29 is 0 Å². The second-order valence-electron chi connectivity index (χ2n) is 5.01. The Hall–Kier alpha value is -0.520. The molecule has 1 aromatic rings. The van der Waals surface area contributed by atoms with Crippen LogP contribution in [0.2, 0.25) is 0 Å². The second kappa shape index (κ2) is 5.00. The fourth-order valence-electron chi connectivity index (χ4n) is 2.23. The Bertz CT molecular complexity index is 369. The predicted molar refractivity (Wildman–Crippen MR) is 71.5 cm³/mol. The Balaban J connectivity index is 2.09. The Morgan fingerprint density at radius 1 is 1.29 bits per heavy atom. The average molecular weight is 299 g/mol. The maximum atomic E-state index is 6.43. The monoisotopic (exact) mass is 298 g/mol. The van der Waals surface area contributed by atoms with Crippen LogP contribution >= 0.6 is 15.9 Å². The largest absolute Gasteiger partial charge is 0.319 e. The summed E-state index contributed by atoms with van der Waals surface area (Å²) in [6, 6.07) is 0.588. The number of rotatable bonds is 2. The molecule has 94 valence electrons. The number of hydrogen-bond acceptors (Lipinski definition) is 4. The third-order valence-corrected chi connectivity index (χ3v) is 3.90. The Labute approximate surface area is 111 Å². The first-order chi connectivity index (χ1) is 8.01. The van der Waals surface area contributed by atoms with Crippen LogP contribution in [0.5, 0.6) is 0 Å². The van der Waals surface area contributed by atoms with Crippen LogP contribution < -0.4 is 5.73 Å². The third-order valence-electron chi connectivity index (χ3n) is 3.49. The Kier molecular flexibility index (Phi) is 3.80. The van der Waals surface area contributed by atoms with Crippen molar-refractivity contribution in [2.45, 2.75) is 38.3 Å². The molecule has 17 heavy (non-hydrogen) atoms. The van der Waals surface area contributed by atoms with Crippen LogP contribution in [0.15, 0.2) is 16.9 Å². The zero-order chi connectivity index (χ0) is 12.5. The minimum Gasteiger partial charge on any atom is -0.319 e. The molecule has 0 bridgehead atoms. The molecule has 1 saturated heterocycles. The van der Waals surface area contributed by atoms with Crippen LogP contribution in [0.25, 0.3) is 0 Å². The lowest BCUT2D eigenvalue weighted by atomic mass is 9.87. The van der Waals surface area contributed by atoms with E-state index in [2.05, 4.69) is 44.6 Å². The lowest BCUT2D eigenvalue weighted by Crippen LogP contribution is -2.50. The van der Waals surface area contributed by atoms with Gasteiger partial charge in [0.1, 0.15) is 5.82 Å². The number of likely N-dealkylation sites (tertiary alicyclic amines) is 1. The first kappa shape index (κ1) is 12.9. The smallest absolute Gasteiger partial charge is 0.148 e.